The predicted octanol–water partition coefficient (Wildman–Crippen LogP) is 0.219. The lowest BCUT2D eigenvalue weighted by atomic mass is 10.2. The topological polar surface area (TPSA) is 75.0 Å². The van der Waals surface area contributed by atoms with E-state index in [9.17, 15) is 4.79 Å². The summed E-state index contributed by atoms with van der Waals surface area (Å²) in [4.78, 5) is 13.4. The molecule has 0 radical (unpaired) electrons. The Morgan fingerprint density at radius 2 is 2.50 bits per heavy atom. The number of hydrogen-bond acceptors (Lipinski definition) is 3. The molecule has 1 unspecified atom stereocenters. The Kier molecular flexibility index (Phi) is 3.64. The van der Waals surface area contributed by atoms with Gasteiger partial charge in [-0.2, -0.15) is 5.10 Å². The quantitative estimate of drug-likeness (QED) is 0.723. The molecule has 0 bridgehead atoms. The van der Waals surface area contributed by atoms with Gasteiger partial charge in [-0.3, -0.25) is 9.89 Å². The summed E-state index contributed by atoms with van der Waals surface area (Å²) in [5.74, 6) is -0.0281. The lowest BCUT2D eigenvalue weighted by molar-refractivity contribution is 0.0739. The largest absolute Gasteiger partial charge is 0.339 e. The van der Waals surface area contributed by atoms with E-state index in [0.717, 1.165) is 6.42 Å². The van der Waals surface area contributed by atoms with Crippen LogP contribution in [0, 0.1) is 0 Å². The van der Waals surface area contributed by atoms with Crippen LogP contribution < -0.4 is 5.73 Å². The number of H-pyrrole nitrogens is 1. The first kappa shape index (κ1) is 10.7. The van der Waals surface area contributed by atoms with Crippen molar-refractivity contribution in [1.29, 1.82) is 0 Å². The third kappa shape index (κ3) is 2.32. The van der Waals surface area contributed by atoms with Crippen molar-refractivity contribution in [3.63, 3.8) is 0 Å². The highest BCUT2D eigenvalue weighted by Gasteiger charge is 2.17. The summed E-state index contributed by atoms with van der Waals surface area (Å²) in [6.45, 7) is 2.56. The Hall–Kier alpha value is -1.36. The fourth-order valence-corrected chi connectivity index (χ4v) is 1.21. The molecule has 1 heterocycles. The van der Waals surface area contributed by atoms with Crippen LogP contribution in [-0.4, -0.2) is 40.6 Å². The molecule has 0 saturated carbocycles. The molecule has 5 nitrogen and oxygen atoms in total. The van der Waals surface area contributed by atoms with Crippen LogP contribution in [0.2, 0.25) is 0 Å². The minimum atomic E-state index is -0.0281. The van der Waals surface area contributed by atoms with Crippen LogP contribution in [0.5, 0.6) is 0 Å². The van der Waals surface area contributed by atoms with Gasteiger partial charge in [0.05, 0.1) is 11.8 Å². The maximum atomic E-state index is 11.7. The molecule has 1 aromatic heterocycles. The summed E-state index contributed by atoms with van der Waals surface area (Å²) < 4.78 is 0. The van der Waals surface area contributed by atoms with E-state index in [1.165, 1.54) is 6.20 Å². The van der Waals surface area contributed by atoms with Crippen molar-refractivity contribution in [3.8, 4) is 0 Å². The summed E-state index contributed by atoms with van der Waals surface area (Å²) in [6, 6.07) is 0.155. The third-order valence-corrected chi connectivity index (χ3v) is 2.31. The highest BCUT2D eigenvalue weighted by molar-refractivity contribution is 5.93. The molecule has 1 amide bonds. The van der Waals surface area contributed by atoms with E-state index in [0.29, 0.717) is 12.1 Å². The molecule has 0 aliphatic heterocycles. The van der Waals surface area contributed by atoms with Gasteiger partial charge >= 0.3 is 0 Å². The maximum absolute atomic E-state index is 11.7. The molecule has 78 valence electrons. The molecule has 1 atom stereocenters. The minimum Gasteiger partial charge on any atom is -0.339 e. The van der Waals surface area contributed by atoms with Gasteiger partial charge in [0.15, 0.2) is 0 Å². The standard InChI is InChI=1S/C9H16N4O/c1-7(3-4-10)13(2)9(14)8-5-11-12-6-8/h5-7H,3-4,10H2,1-2H3,(H,11,12). The van der Waals surface area contributed by atoms with Crippen molar-refractivity contribution < 1.29 is 4.79 Å². The summed E-state index contributed by atoms with van der Waals surface area (Å²) >= 11 is 0. The smallest absolute Gasteiger partial charge is 0.257 e. The number of rotatable bonds is 4. The fourth-order valence-electron chi connectivity index (χ4n) is 1.21. The highest BCUT2D eigenvalue weighted by atomic mass is 16.2. The second kappa shape index (κ2) is 4.76. The third-order valence-electron chi connectivity index (χ3n) is 2.31. The second-order valence-electron chi connectivity index (χ2n) is 3.33. The molecule has 5 heteroatoms. The average Bonchev–Trinajstić information content (AvgIpc) is 2.68. The lowest BCUT2D eigenvalue weighted by Gasteiger charge is -2.23. The molecule has 0 aliphatic carbocycles. The van der Waals surface area contributed by atoms with Gasteiger partial charge in [-0.25, -0.2) is 0 Å². The lowest BCUT2D eigenvalue weighted by Crippen LogP contribution is -2.36. The van der Waals surface area contributed by atoms with Crippen LogP contribution in [0.15, 0.2) is 12.4 Å². The summed E-state index contributed by atoms with van der Waals surface area (Å²) in [5.41, 5.74) is 6.01. The van der Waals surface area contributed by atoms with E-state index in [4.69, 9.17) is 5.73 Å². The Morgan fingerprint density at radius 3 is 3.00 bits per heavy atom. The van der Waals surface area contributed by atoms with Crippen LogP contribution in [-0.2, 0) is 0 Å². The Bertz CT molecular complexity index is 283. The number of amides is 1. The molecule has 14 heavy (non-hydrogen) atoms. The van der Waals surface area contributed by atoms with E-state index in [1.54, 1.807) is 18.1 Å². The SMILES string of the molecule is CC(CCN)N(C)C(=O)c1cn[nH]c1. The number of carbonyl (C=O) groups is 1. The summed E-state index contributed by atoms with van der Waals surface area (Å²) in [5, 5.41) is 6.35. The van der Waals surface area contributed by atoms with Gasteiger partial charge in [0.1, 0.15) is 0 Å². The van der Waals surface area contributed by atoms with Crippen LogP contribution in [0.4, 0.5) is 0 Å². The summed E-state index contributed by atoms with van der Waals surface area (Å²) in [7, 11) is 1.77. The van der Waals surface area contributed by atoms with E-state index >= 15 is 0 Å². The molecule has 0 aliphatic rings. The van der Waals surface area contributed by atoms with Gasteiger partial charge in [-0.15, -0.1) is 0 Å². The fraction of sp³-hybridized carbons (Fsp3) is 0.556. The van der Waals surface area contributed by atoms with Crippen LogP contribution in [0.1, 0.15) is 23.7 Å². The van der Waals surface area contributed by atoms with Crippen molar-refractivity contribution in [1.82, 2.24) is 15.1 Å². The van der Waals surface area contributed by atoms with Crippen molar-refractivity contribution in [2.24, 2.45) is 5.73 Å². The van der Waals surface area contributed by atoms with Gasteiger partial charge in [-0.1, -0.05) is 0 Å². The Labute approximate surface area is 83.3 Å². The zero-order valence-electron chi connectivity index (χ0n) is 8.53. The predicted molar refractivity (Wildman–Crippen MR) is 53.8 cm³/mol. The van der Waals surface area contributed by atoms with Gasteiger partial charge in [0.2, 0.25) is 0 Å². The molecular weight excluding hydrogens is 180 g/mol. The second-order valence-corrected chi connectivity index (χ2v) is 3.33. The van der Waals surface area contributed by atoms with Gasteiger partial charge in [-0.05, 0) is 19.9 Å². The normalized spacial score (nSPS) is 12.5. The monoisotopic (exact) mass is 196 g/mol. The first-order valence-electron chi connectivity index (χ1n) is 4.62. The van der Waals surface area contributed by atoms with Crippen molar-refractivity contribution in [3.05, 3.63) is 18.0 Å². The number of nitrogens with one attached hydrogen (secondary N) is 1. The number of aromatic nitrogens is 2. The van der Waals surface area contributed by atoms with E-state index in [-0.39, 0.29) is 11.9 Å². The molecule has 1 rings (SSSR count). The van der Waals surface area contributed by atoms with E-state index in [1.807, 2.05) is 6.92 Å². The number of hydrogen-bond donors (Lipinski definition) is 2. The maximum Gasteiger partial charge on any atom is 0.257 e. The Morgan fingerprint density at radius 1 is 1.79 bits per heavy atom. The van der Waals surface area contributed by atoms with Gasteiger partial charge in [0, 0.05) is 19.3 Å². The zero-order chi connectivity index (χ0) is 10.6. The molecule has 0 aromatic carbocycles. The zero-order valence-corrected chi connectivity index (χ0v) is 8.53. The molecule has 0 fully saturated rings. The highest BCUT2D eigenvalue weighted by Crippen LogP contribution is 2.06. The minimum absolute atomic E-state index is 0.0281. The molecule has 0 spiro atoms. The number of nitrogens with two attached hydrogens (primary N) is 1. The molecular formula is C9H16N4O. The first-order valence-corrected chi connectivity index (χ1v) is 4.62. The number of carbonyl (C=O) groups excluding carboxylic acids is 1. The van der Waals surface area contributed by atoms with Gasteiger partial charge < -0.3 is 10.6 Å². The Balaban J connectivity index is 2.61. The molecule has 0 saturated heterocycles. The van der Waals surface area contributed by atoms with Crippen molar-refractivity contribution >= 4 is 5.91 Å². The summed E-state index contributed by atoms with van der Waals surface area (Å²) in [6.07, 6.45) is 3.92. The van der Waals surface area contributed by atoms with Crippen LogP contribution in [0.3, 0.4) is 0 Å². The molecule has 1 aromatic rings. The number of nitrogens with zero attached hydrogens (tertiary/aromatic N) is 2. The van der Waals surface area contributed by atoms with Crippen LogP contribution >= 0.6 is 0 Å². The molecule has 3 N–H and O–H groups in total. The van der Waals surface area contributed by atoms with E-state index in [2.05, 4.69) is 10.2 Å². The first-order chi connectivity index (χ1) is 6.66. The number of aromatic amines is 1. The average molecular weight is 196 g/mol. The van der Waals surface area contributed by atoms with Crippen LogP contribution in [0.25, 0.3) is 0 Å². The van der Waals surface area contributed by atoms with Crippen molar-refractivity contribution in [2.75, 3.05) is 13.6 Å². The van der Waals surface area contributed by atoms with Crippen molar-refractivity contribution in [2.45, 2.75) is 19.4 Å². The van der Waals surface area contributed by atoms with E-state index < -0.39 is 0 Å². The van der Waals surface area contributed by atoms with Gasteiger partial charge in [0.25, 0.3) is 5.91 Å².